The molecular weight excluding hydrogens is 200 g/mol. The van der Waals surface area contributed by atoms with Gasteiger partial charge in [-0.3, -0.25) is 0 Å². The molecule has 0 aliphatic carbocycles. The lowest BCUT2D eigenvalue weighted by atomic mass is 10.0. The van der Waals surface area contributed by atoms with E-state index in [0.29, 0.717) is 23.6 Å². The maximum absolute atomic E-state index is 9.65. The van der Waals surface area contributed by atoms with Gasteiger partial charge < -0.3 is 15.9 Å². The first kappa shape index (κ1) is 11.3. The Hall–Kier alpha value is -0.780. The van der Waals surface area contributed by atoms with Gasteiger partial charge in [0.15, 0.2) is 0 Å². The van der Waals surface area contributed by atoms with Crippen LogP contribution in [0, 0.1) is 0 Å². The van der Waals surface area contributed by atoms with E-state index in [1.54, 1.807) is 12.1 Å². The van der Waals surface area contributed by atoms with E-state index in [1.165, 1.54) is 6.20 Å². The van der Waals surface area contributed by atoms with Crippen LogP contribution in [0.3, 0.4) is 0 Å². The fourth-order valence-electron chi connectivity index (χ4n) is 1.10. The van der Waals surface area contributed by atoms with E-state index >= 15 is 0 Å². The van der Waals surface area contributed by atoms with Crippen molar-refractivity contribution in [3.05, 3.63) is 23.9 Å². The number of nitrogens with zero attached hydrogens (tertiary/aromatic N) is 1. The Morgan fingerprint density at radius 3 is 2.64 bits per heavy atom. The Kier molecular flexibility index (Phi) is 4.19. The number of aliphatic hydroxyl groups is 2. The number of aromatic nitrogens is 1. The van der Waals surface area contributed by atoms with Gasteiger partial charge in [-0.15, -0.1) is 0 Å². The molecule has 14 heavy (non-hydrogen) atoms. The first-order valence-corrected chi connectivity index (χ1v) is 4.97. The third kappa shape index (κ3) is 2.87. The molecule has 78 valence electrons. The molecule has 0 spiro atoms. The van der Waals surface area contributed by atoms with E-state index in [2.05, 4.69) is 17.6 Å². The van der Waals surface area contributed by atoms with Crippen molar-refractivity contribution >= 4 is 18.4 Å². The molecule has 1 aromatic heterocycles. The zero-order valence-electron chi connectivity index (χ0n) is 7.67. The number of thiol groups is 1. The summed E-state index contributed by atoms with van der Waals surface area (Å²) in [5.41, 5.74) is 5.96. The molecule has 0 saturated carbocycles. The fourth-order valence-corrected chi connectivity index (χ4v) is 1.37. The summed E-state index contributed by atoms with van der Waals surface area (Å²) in [4.78, 5) is 3.83. The van der Waals surface area contributed by atoms with Crippen LogP contribution in [0.5, 0.6) is 0 Å². The predicted molar refractivity (Wildman–Crippen MR) is 58.1 cm³/mol. The van der Waals surface area contributed by atoms with Crippen LogP contribution < -0.4 is 5.73 Å². The van der Waals surface area contributed by atoms with Crippen molar-refractivity contribution in [1.82, 2.24) is 4.98 Å². The number of rotatable bonds is 4. The van der Waals surface area contributed by atoms with Crippen molar-refractivity contribution in [2.24, 2.45) is 0 Å². The van der Waals surface area contributed by atoms with Crippen LogP contribution in [0.25, 0.3) is 0 Å². The summed E-state index contributed by atoms with van der Waals surface area (Å²) < 4.78 is 0. The zero-order chi connectivity index (χ0) is 10.6. The van der Waals surface area contributed by atoms with Crippen molar-refractivity contribution in [3.63, 3.8) is 0 Å². The molecule has 5 heteroatoms. The number of hydrogen-bond acceptors (Lipinski definition) is 5. The Labute approximate surface area is 88.2 Å². The van der Waals surface area contributed by atoms with Gasteiger partial charge in [-0.1, -0.05) is 6.07 Å². The van der Waals surface area contributed by atoms with Gasteiger partial charge in [-0.05, 0) is 18.2 Å². The van der Waals surface area contributed by atoms with Gasteiger partial charge >= 0.3 is 0 Å². The minimum absolute atomic E-state index is 0.393. The molecule has 1 heterocycles. The van der Waals surface area contributed by atoms with Gasteiger partial charge in [-0.2, -0.15) is 12.6 Å². The number of anilines is 1. The van der Waals surface area contributed by atoms with Crippen LogP contribution in [0.4, 0.5) is 5.82 Å². The summed E-state index contributed by atoms with van der Waals surface area (Å²) >= 11 is 3.98. The Bertz CT molecular complexity index is 279. The summed E-state index contributed by atoms with van der Waals surface area (Å²) in [5.74, 6) is 0.922. The predicted octanol–water partition coefficient (Wildman–Crippen LogP) is 0.378. The van der Waals surface area contributed by atoms with E-state index in [4.69, 9.17) is 5.73 Å². The van der Waals surface area contributed by atoms with E-state index in [-0.39, 0.29) is 0 Å². The highest BCUT2D eigenvalue weighted by Gasteiger charge is 2.17. The van der Waals surface area contributed by atoms with Crippen LogP contribution in [0.1, 0.15) is 18.1 Å². The standard InChI is InChI=1S/C9H14N2O2S/c10-8-2-1-6(5-11-8)9(13)7(12)3-4-14/h1-2,5,7,9,12-14H,3-4H2,(H2,10,11). The van der Waals surface area contributed by atoms with E-state index in [0.717, 1.165) is 0 Å². The number of pyridine rings is 1. The summed E-state index contributed by atoms with van der Waals surface area (Å²) in [5, 5.41) is 19.1. The molecule has 2 unspecified atom stereocenters. The van der Waals surface area contributed by atoms with E-state index in [9.17, 15) is 10.2 Å². The molecule has 1 aromatic rings. The SMILES string of the molecule is Nc1ccc(C(O)C(O)CCS)cn1. The minimum Gasteiger partial charge on any atom is -0.390 e. The summed E-state index contributed by atoms with van der Waals surface area (Å²) in [6.45, 7) is 0. The summed E-state index contributed by atoms with van der Waals surface area (Å²) in [7, 11) is 0. The monoisotopic (exact) mass is 214 g/mol. The zero-order valence-corrected chi connectivity index (χ0v) is 8.56. The Balaban J connectivity index is 2.68. The minimum atomic E-state index is -0.921. The molecule has 0 saturated heterocycles. The molecule has 0 aliphatic rings. The topological polar surface area (TPSA) is 79.4 Å². The van der Waals surface area contributed by atoms with Crippen LogP contribution in [0.2, 0.25) is 0 Å². The van der Waals surface area contributed by atoms with Gasteiger partial charge in [0.05, 0.1) is 6.10 Å². The lowest BCUT2D eigenvalue weighted by Crippen LogP contribution is -2.18. The van der Waals surface area contributed by atoms with Crippen molar-refractivity contribution in [2.75, 3.05) is 11.5 Å². The third-order valence-corrected chi connectivity index (χ3v) is 2.20. The van der Waals surface area contributed by atoms with Crippen LogP contribution in [0.15, 0.2) is 18.3 Å². The fraction of sp³-hybridized carbons (Fsp3) is 0.444. The van der Waals surface area contributed by atoms with Gasteiger partial charge in [-0.25, -0.2) is 4.98 Å². The lowest BCUT2D eigenvalue weighted by Gasteiger charge is -2.16. The van der Waals surface area contributed by atoms with Crippen molar-refractivity contribution < 1.29 is 10.2 Å². The number of nitrogen functional groups attached to an aromatic ring is 1. The smallest absolute Gasteiger partial charge is 0.123 e. The number of nitrogens with two attached hydrogens (primary N) is 1. The Morgan fingerprint density at radius 1 is 1.43 bits per heavy atom. The van der Waals surface area contributed by atoms with Crippen molar-refractivity contribution in [1.29, 1.82) is 0 Å². The molecule has 0 aromatic carbocycles. The third-order valence-electron chi connectivity index (χ3n) is 1.94. The summed E-state index contributed by atoms with van der Waals surface area (Å²) in [6, 6.07) is 3.24. The second-order valence-electron chi connectivity index (χ2n) is 3.04. The number of hydrogen-bond donors (Lipinski definition) is 4. The largest absolute Gasteiger partial charge is 0.390 e. The highest BCUT2D eigenvalue weighted by Crippen LogP contribution is 2.18. The highest BCUT2D eigenvalue weighted by atomic mass is 32.1. The molecule has 0 aliphatic heterocycles. The molecule has 2 atom stereocenters. The normalized spacial score (nSPS) is 15.1. The van der Waals surface area contributed by atoms with Crippen molar-refractivity contribution in [3.8, 4) is 0 Å². The van der Waals surface area contributed by atoms with E-state index < -0.39 is 12.2 Å². The van der Waals surface area contributed by atoms with Gasteiger partial charge in [0.2, 0.25) is 0 Å². The first-order valence-electron chi connectivity index (χ1n) is 4.33. The van der Waals surface area contributed by atoms with Gasteiger partial charge in [0.25, 0.3) is 0 Å². The van der Waals surface area contributed by atoms with Crippen LogP contribution in [-0.2, 0) is 0 Å². The average molecular weight is 214 g/mol. The van der Waals surface area contributed by atoms with Crippen LogP contribution >= 0.6 is 12.6 Å². The van der Waals surface area contributed by atoms with E-state index in [1.807, 2.05) is 0 Å². The molecule has 4 nitrogen and oxygen atoms in total. The highest BCUT2D eigenvalue weighted by molar-refractivity contribution is 7.80. The number of aliphatic hydroxyl groups excluding tert-OH is 2. The van der Waals surface area contributed by atoms with Gasteiger partial charge in [0.1, 0.15) is 11.9 Å². The molecule has 0 fully saturated rings. The van der Waals surface area contributed by atoms with Crippen LogP contribution in [-0.4, -0.2) is 27.1 Å². The quantitative estimate of drug-likeness (QED) is 0.546. The summed E-state index contributed by atoms with van der Waals surface area (Å²) in [6.07, 6.45) is 0.171. The molecule has 0 radical (unpaired) electrons. The van der Waals surface area contributed by atoms with Crippen molar-refractivity contribution in [2.45, 2.75) is 18.6 Å². The maximum atomic E-state index is 9.65. The maximum Gasteiger partial charge on any atom is 0.123 e. The molecule has 0 amide bonds. The van der Waals surface area contributed by atoms with Gasteiger partial charge in [0, 0.05) is 11.8 Å². The molecule has 1 rings (SSSR count). The lowest BCUT2D eigenvalue weighted by molar-refractivity contribution is 0.0170. The first-order chi connectivity index (χ1) is 6.65. The molecular formula is C9H14N2O2S. The average Bonchev–Trinajstić information content (AvgIpc) is 2.18. The second-order valence-corrected chi connectivity index (χ2v) is 3.49. The Morgan fingerprint density at radius 2 is 2.14 bits per heavy atom. The molecule has 0 bridgehead atoms. The second kappa shape index (κ2) is 5.19. The molecule has 4 N–H and O–H groups in total.